The molecule has 1 aliphatic heterocycles. The van der Waals surface area contributed by atoms with Crippen LogP contribution in [0.5, 0.6) is 0 Å². The predicted molar refractivity (Wildman–Crippen MR) is 136 cm³/mol. The standard InChI is InChI=1S/C27H44N4O5/c1-25(2,3)21(29-24(36)30-26(4,5)6)23(35)31-13-16-18(27(16,7)8)19(31)17(32)12-15(11-14-9-10-14)20(33)22(28)34/h14-16,18-19,21H,9-13H2,1-8H3,(H2,28,34)(H2,29,30,36)/t15?,16-,18-,19+,21+/m0/s1. The van der Waals surface area contributed by atoms with Crippen LogP contribution in [0.15, 0.2) is 0 Å². The second-order valence-corrected chi connectivity index (χ2v) is 13.8. The number of nitrogens with zero attached hydrogens (tertiary/aromatic N) is 1. The lowest BCUT2D eigenvalue weighted by atomic mass is 9.84. The van der Waals surface area contributed by atoms with Gasteiger partial charge in [-0.05, 0) is 55.8 Å². The summed E-state index contributed by atoms with van der Waals surface area (Å²) in [5, 5.41) is 5.68. The van der Waals surface area contributed by atoms with Gasteiger partial charge in [-0.15, -0.1) is 0 Å². The van der Waals surface area contributed by atoms with Gasteiger partial charge in [0.25, 0.3) is 5.91 Å². The van der Waals surface area contributed by atoms with E-state index < -0.39 is 46.7 Å². The van der Waals surface area contributed by atoms with Gasteiger partial charge in [0.05, 0.1) is 6.04 Å². The van der Waals surface area contributed by atoms with Crippen LogP contribution in [0.3, 0.4) is 0 Å². The number of fused-ring (bicyclic) bond motifs is 1. The third-order valence-electron chi connectivity index (χ3n) is 8.07. The van der Waals surface area contributed by atoms with Gasteiger partial charge in [0.15, 0.2) is 5.78 Å². The van der Waals surface area contributed by atoms with Gasteiger partial charge < -0.3 is 21.3 Å². The molecular formula is C27H44N4O5. The Balaban J connectivity index is 1.83. The molecule has 1 unspecified atom stereocenters. The molecule has 202 valence electrons. The first kappa shape index (κ1) is 28.1. The number of rotatable bonds is 9. The van der Waals surface area contributed by atoms with Crippen molar-refractivity contribution in [2.24, 2.45) is 40.2 Å². The largest absolute Gasteiger partial charge is 0.363 e. The number of carbonyl (C=O) groups excluding carboxylic acids is 5. The summed E-state index contributed by atoms with van der Waals surface area (Å²) in [5.74, 6) is -2.45. The minimum absolute atomic E-state index is 0.0109. The quantitative estimate of drug-likeness (QED) is 0.414. The SMILES string of the molecule is CC(C)(C)NC(=O)N[C@H](C(=O)N1C[C@H]2[C@@H]([C@H]1C(=O)CC(CC1CC1)C(=O)C(N)=O)C2(C)C)C(C)(C)C. The highest BCUT2D eigenvalue weighted by molar-refractivity contribution is 6.36. The Bertz CT molecular complexity index is 941. The molecule has 3 aliphatic rings. The number of piperidine rings is 1. The lowest BCUT2D eigenvalue weighted by Gasteiger charge is -2.38. The van der Waals surface area contributed by atoms with Crippen LogP contribution in [-0.4, -0.2) is 58.5 Å². The van der Waals surface area contributed by atoms with Crippen molar-refractivity contribution in [1.82, 2.24) is 15.5 Å². The summed E-state index contributed by atoms with van der Waals surface area (Å²) < 4.78 is 0. The number of likely N-dealkylation sites (tertiary alicyclic amines) is 1. The van der Waals surface area contributed by atoms with Crippen LogP contribution in [-0.2, 0) is 19.2 Å². The van der Waals surface area contributed by atoms with E-state index in [1.54, 1.807) is 4.90 Å². The molecule has 1 heterocycles. The van der Waals surface area contributed by atoms with Crippen molar-refractivity contribution >= 4 is 29.4 Å². The maximum atomic E-state index is 13.9. The zero-order chi connectivity index (χ0) is 27.4. The van der Waals surface area contributed by atoms with Crippen molar-refractivity contribution in [2.75, 3.05) is 6.54 Å². The number of amides is 4. The van der Waals surface area contributed by atoms with Crippen molar-refractivity contribution in [1.29, 1.82) is 0 Å². The highest BCUT2D eigenvalue weighted by Crippen LogP contribution is 2.65. The Labute approximate surface area is 214 Å². The molecular weight excluding hydrogens is 460 g/mol. The number of primary amides is 1. The number of Topliss-reactive ketones (excluding diaryl/α,β-unsaturated/α-hetero) is 2. The lowest BCUT2D eigenvalue weighted by molar-refractivity contribution is -0.144. The first-order valence-corrected chi connectivity index (χ1v) is 13.1. The molecule has 0 spiro atoms. The molecule has 2 aliphatic carbocycles. The van der Waals surface area contributed by atoms with E-state index in [1.165, 1.54) is 0 Å². The number of nitrogens with one attached hydrogen (secondary N) is 2. The molecule has 3 rings (SSSR count). The second-order valence-electron chi connectivity index (χ2n) is 13.8. The molecule has 9 heteroatoms. The summed E-state index contributed by atoms with van der Waals surface area (Å²) in [6.07, 6.45) is 2.35. The molecule has 5 atom stereocenters. The third kappa shape index (κ3) is 6.09. The number of hydrogen-bond donors (Lipinski definition) is 3. The van der Waals surface area contributed by atoms with Crippen LogP contribution < -0.4 is 16.4 Å². The monoisotopic (exact) mass is 504 g/mol. The summed E-state index contributed by atoms with van der Waals surface area (Å²) >= 11 is 0. The normalized spacial score (nSPS) is 26.4. The molecule has 0 aromatic heterocycles. The van der Waals surface area contributed by atoms with E-state index in [2.05, 4.69) is 24.5 Å². The van der Waals surface area contributed by atoms with Crippen LogP contribution >= 0.6 is 0 Å². The van der Waals surface area contributed by atoms with E-state index >= 15 is 0 Å². The first-order valence-electron chi connectivity index (χ1n) is 13.1. The smallest absolute Gasteiger partial charge is 0.315 e. The highest BCUT2D eigenvalue weighted by Gasteiger charge is 2.69. The van der Waals surface area contributed by atoms with E-state index in [9.17, 15) is 24.0 Å². The molecule has 1 saturated heterocycles. The highest BCUT2D eigenvalue weighted by atomic mass is 16.2. The average Bonchev–Trinajstić information content (AvgIpc) is 3.55. The molecule has 4 amide bonds. The van der Waals surface area contributed by atoms with Crippen LogP contribution in [0.2, 0.25) is 0 Å². The molecule has 0 bridgehead atoms. The van der Waals surface area contributed by atoms with Gasteiger partial charge >= 0.3 is 6.03 Å². The molecule has 3 fully saturated rings. The first-order chi connectivity index (χ1) is 16.3. The summed E-state index contributed by atoms with van der Waals surface area (Å²) in [6.45, 7) is 15.8. The number of hydrogen-bond acceptors (Lipinski definition) is 5. The van der Waals surface area contributed by atoms with Gasteiger partial charge in [0.2, 0.25) is 11.7 Å². The molecule has 0 radical (unpaired) electrons. The van der Waals surface area contributed by atoms with Gasteiger partial charge in [0.1, 0.15) is 6.04 Å². The molecule has 0 aromatic carbocycles. The van der Waals surface area contributed by atoms with Crippen LogP contribution in [0.25, 0.3) is 0 Å². The summed E-state index contributed by atoms with van der Waals surface area (Å²) in [7, 11) is 0. The van der Waals surface area contributed by atoms with Crippen molar-refractivity contribution in [2.45, 2.75) is 98.7 Å². The lowest BCUT2D eigenvalue weighted by Crippen LogP contribution is -2.60. The van der Waals surface area contributed by atoms with E-state index in [1.807, 2.05) is 41.5 Å². The molecule has 9 nitrogen and oxygen atoms in total. The molecule has 36 heavy (non-hydrogen) atoms. The fraction of sp³-hybridized carbons (Fsp3) is 0.815. The van der Waals surface area contributed by atoms with E-state index in [0.717, 1.165) is 12.8 Å². The third-order valence-corrected chi connectivity index (χ3v) is 8.07. The van der Waals surface area contributed by atoms with Gasteiger partial charge in [-0.3, -0.25) is 19.2 Å². The predicted octanol–water partition coefficient (Wildman–Crippen LogP) is 2.41. The van der Waals surface area contributed by atoms with Crippen molar-refractivity contribution in [3.8, 4) is 0 Å². The average molecular weight is 505 g/mol. The van der Waals surface area contributed by atoms with E-state index in [4.69, 9.17) is 5.73 Å². The summed E-state index contributed by atoms with van der Waals surface area (Å²) in [5.41, 5.74) is 4.12. The van der Waals surface area contributed by atoms with Gasteiger partial charge in [-0.1, -0.05) is 47.5 Å². The maximum Gasteiger partial charge on any atom is 0.315 e. The van der Waals surface area contributed by atoms with E-state index in [0.29, 0.717) is 18.9 Å². The van der Waals surface area contributed by atoms with Gasteiger partial charge in [-0.25, -0.2) is 4.79 Å². The zero-order valence-corrected chi connectivity index (χ0v) is 23.1. The van der Waals surface area contributed by atoms with Crippen LogP contribution in [0, 0.1) is 34.5 Å². The molecule has 0 aromatic rings. The summed E-state index contributed by atoms with van der Waals surface area (Å²) in [4.78, 5) is 66.0. The maximum absolute atomic E-state index is 13.9. The second kappa shape index (κ2) is 9.45. The number of urea groups is 1. The fourth-order valence-electron chi connectivity index (χ4n) is 5.81. The Kier molecular flexibility index (Phi) is 7.38. The van der Waals surface area contributed by atoms with Crippen LogP contribution in [0.4, 0.5) is 4.79 Å². The minimum Gasteiger partial charge on any atom is -0.363 e. The van der Waals surface area contributed by atoms with E-state index in [-0.39, 0.29) is 35.4 Å². The number of ketones is 2. The number of carbonyl (C=O) groups is 5. The Morgan fingerprint density at radius 1 is 1.03 bits per heavy atom. The summed E-state index contributed by atoms with van der Waals surface area (Å²) in [6, 6.07) is -1.97. The van der Waals surface area contributed by atoms with Crippen molar-refractivity contribution in [3.05, 3.63) is 0 Å². The Morgan fingerprint density at radius 2 is 1.61 bits per heavy atom. The number of nitrogens with two attached hydrogens (primary N) is 1. The fourth-order valence-corrected chi connectivity index (χ4v) is 5.81. The molecule has 4 N–H and O–H groups in total. The van der Waals surface area contributed by atoms with Crippen molar-refractivity contribution in [3.63, 3.8) is 0 Å². The topological polar surface area (TPSA) is 139 Å². The van der Waals surface area contributed by atoms with Gasteiger partial charge in [0, 0.05) is 24.4 Å². The Hall–Kier alpha value is -2.45. The van der Waals surface area contributed by atoms with Crippen LogP contribution in [0.1, 0.15) is 81.1 Å². The molecule has 2 saturated carbocycles. The van der Waals surface area contributed by atoms with Gasteiger partial charge in [-0.2, -0.15) is 0 Å². The zero-order valence-electron chi connectivity index (χ0n) is 23.1. The van der Waals surface area contributed by atoms with Crippen molar-refractivity contribution < 1.29 is 24.0 Å². The minimum atomic E-state index is -1.01. The Morgan fingerprint density at radius 3 is 2.08 bits per heavy atom.